The number of hydrogen-bond donors (Lipinski definition) is 0. The Hall–Kier alpha value is -12.2. The highest BCUT2D eigenvalue weighted by molar-refractivity contribution is 6.14. The molecular formula is C88H98N2O34. The number of ether oxygens (including phenoxy) is 20. The Bertz CT molecular complexity index is 4210. The van der Waals surface area contributed by atoms with Crippen LogP contribution in [-0.4, -0.2) is 242 Å². The van der Waals surface area contributed by atoms with E-state index in [1.807, 2.05) is 0 Å². The molecule has 124 heavy (non-hydrogen) atoms. The van der Waals surface area contributed by atoms with E-state index in [2.05, 4.69) is 0 Å². The zero-order valence-electron chi connectivity index (χ0n) is 70.0. The maximum Gasteiger partial charge on any atom is 0.303 e. The number of rotatable bonds is 34. The van der Waals surface area contributed by atoms with Crippen molar-refractivity contribution in [2.24, 2.45) is 0 Å². The first-order valence-corrected chi connectivity index (χ1v) is 39.6. The van der Waals surface area contributed by atoms with Gasteiger partial charge in [-0.3, -0.25) is 67.1 Å². The minimum absolute atomic E-state index is 0.207. The van der Waals surface area contributed by atoms with Crippen LogP contribution >= 0.6 is 0 Å². The van der Waals surface area contributed by atoms with Crippen molar-refractivity contribution < 1.29 is 162 Å². The molecule has 6 aromatic carbocycles. The summed E-state index contributed by atoms with van der Waals surface area (Å²) in [6.45, 7) is 7.60. The van der Waals surface area contributed by atoms with Gasteiger partial charge < -0.3 is 105 Å². The van der Waals surface area contributed by atoms with Crippen LogP contribution in [0.15, 0.2) is 158 Å². The second kappa shape index (κ2) is 44.3. The number of carbonyl (C=O) groups excluding carboxylic acids is 14. The molecule has 0 saturated carbocycles. The largest absolute Gasteiger partial charge is 0.463 e. The fourth-order valence-electron chi connectivity index (χ4n) is 15.2. The van der Waals surface area contributed by atoms with E-state index in [0.717, 1.165) is 105 Å². The number of fused-ring (bicyclic) bond motifs is 1. The lowest BCUT2D eigenvalue weighted by atomic mass is 9.87. The Morgan fingerprint density at radius 2 is 0.427 bits per heavy atom. The fraction of sp³-hybridized carbons (Fsp3) is 0.455. The van der Waals surface area contributed by atoms with Gasteiger partial charge in [0.05, 0.1) is 26.4 Å². The smallest absolute Gasteiger partial charge is 0.303 e. The molecule has 10 rings (SSSR count). The van der Waals surface area contributed by atoms with Crippen LogP contribution in [0.1, 0.15) is 126 Å². The molecule has 0 N–H and O–H groups in total. The highest BCUT2D eigenvalue weighted by Crippen LogP contribution is 2.44. The summed E-state index contributed by atoms with van der Waals surface area (Å²) >= 11 is 0. The van der Waals surface area contributed by atoms with E-state index < -0.39 is 270 Å². The summed E-state index contributed by atoms with van der Waals surface area (Å²) in [5, 5.41) is -0.413. The van der Waals surface area contributed by atoms with Crippen LogP contribution in [0.4, 0.5) is 0 Å². The zero-order chi connectivity index (χ0) is 89.6. The van der Waals surface area contributed by atoms with Gasteiger partial charge in [0.2, 0.25) is 0 Å². The fourth-order valence-corrected chi connectivity index (χ4v) is 15.2. The lowest BCUT2D eigenvalue weighted by Gasteiger charge is -2.54. The molecule has 4 fully saturated rings. The molecule has 0 radical (unpaired) electrons. The van der Waals surface area contributed by atoms with Crippen LogP contribution in [0.3, 0.4) is 0 Å². The van der Waals surface area contributed by atoms with Crippen LogP contribution < -0.4 is 0 Å². The Morgan fingerprint density at radius 3 is 0.613 bits per heavy atom. The molecule has 0 spiro atoms. The standard InChI is InChI=1S/C88H98N2O34/c1-47(91)105-43-67-75(113-51(5)95)79(117-55(9)99)71(85(121-67)109-39-59-27-17-13-18-28-59)89(72-80(118-56(10)100)76(114-52(6)96)68(44-106-48(2)92)122-86(72)110-40-60-29-19-14-20-30-60)83(103)65-37-38-66(64-36-26-25-35-63(64)65)84(104)90(73-81(119-57(11)101)77(115-53(7)97)69(45-107-49(3)93)123-87(73)111-41-61-31-21-15-22-32-61)74-82(120-58(12)102)78(116-54(8)98)70(46-108-50(4)94)124-88(74)112-42-62-33-23-16-24-34-62/h13-38,67-82,85-88H,39-46H2,1-12H3/t67-,68-,69-,70-,71+,72+,73+,74+,75-,76-,77-,78-,79-,80-,81-,82-,85+,86+,87+,88+/m1/s1. The Balaban J connectivity index is 1.32. The summed E-state index contributed by atoms with van der Waals surface area (Å²) in [6, 6.07) is 33.1. The summed E-state index contributed by atoms with van der Waals surface area (Å²) < 4.78 is 126. The summed E-state index contributed by atoms with van der Waals surface area (Å²) in [5.74, 6) is -14.5. The van der Waals surface area contributed by atoms with Crippen LogP contribution in [0.5, 0.6) is 0 Å². The minimum atomic E-state index is -2.12. The van der Waals surface area contributed by atoms with Gasteiger partial charge >= 0.3 is 71.6 Å². The molecule has 6 aromatic rings. The number of benzene rings is 6. The Kier molecular flexibility index (Phi) is 33.6. The van der Waals surface area contributed by atoms with Crippen LogP contribution in [0.25, 0.3) is 10.8 Å². The molecule has 36 nitrogen and oxygen atoms in total. The van der Waals surface area contributed by atoms with Crippen LogP contribution in [-0.2, 0) is 179 Å². The average Bonchev–Trinajstić information content (AvgIpc) is 0.784. The topological polar surface area (TPSA) is 430 Å². The first-order chi connectivity index (χ1) is 59.2. The lowest BCUT2D eigenvalue weighted by molar-refractivity contribution is -0.322. The Morgan fingerprint density at radius 1 is 0.242 bits per heavy atom. The van der Waals surface area contributed by atoms with Gasteiger partial charge in [0.1, 0.15) is 75.0 Å². The summed E-state index contributed by atoms with van der Waals surface area (Å²) in [7, 11) is 0. The van der Waals surface area contributed by atoms with E-state index in [-0.39, 0.29) is 10.8 Å². The van der Waals surface area contributed by atoms with Crippen molar-refractivity contribution in [3.8, 4) is 0 Å². The molecule has 2 amide bonds. The van der Waals surface area contributed by atoms with Crippen molar-refractivity contribution >= 4 is 94.2 Å². The second-order valence-corrected chi connectivity index (χ2v) is 29.3. The van der Waals surface area contributed by atoms with Crippen molar-refractivity contribution in [3.05, 3.63) is 191 Å². The number of hydrogen-bond acceptors (Lipinski definition) is 34. The van der Waals surface area contributed by atoms with Crippen LogP contribution in [0, 0.1) is 0 Å². The van der Waals surface area contributed by atoms with Crippen molar-refractivity contribution in [1.29, 1.82) is 0 Å². The monoisotopic (exact) mass is 1730 g/mol. The summed E-state index contributed by atoms with van der Waals surface area (Å²) in [4.78, 5) is 201. The van der Waals surface area contributed by atoms with E-state index in [4.69, 9.17) is 94.7 Å². The number of nitrogens with zero attached hydrogens (tertiary/aromatic N) is 2. The predicted molar refractivity (Wildman–Crippen MR) is 422 cm³/mol. The third kappa shape index (κ3) is 25.1. The lowest BCUT2D eigenvalue weighted by Crippen LogP contribution is -2.75. The van der Waals surface area contributed by atoms with Gasteiger partial charge in [-0.25, -0.2) is 0 Å². The first-order valence-electron chi connectivity index (χ1n) is 39.6. The second-order valence-electron chi connectivity index (χ2n) is 29.3. The molecule has 4 aliphatic heterocycles. The number of amides is 2. The van der Waals surface area contributed by atoms with Gasteiger partial charge in [-0.15, -0.1) is 0 Å². The third-order valence-corrected chi connectivity index (χ3v) is 19.8. The molecule has 0 bridgehead atoms. The summed E-state index contributed by atoms with van der Waals surface area (Å²) in [5.41, 5.74) is 0.936. The highest BCUT2D eigenvalue weighted by atomic mass is 16.7. The summed E-state index contributed by atoms with van der Waals surface area (Å²) in [6.07, 6.45) is -30.7. The zero-order valence-corrected chi connectivity index (χ0v) is 70.0. The van der Waals surface area contributed by atoms with Gasteiger partial charge in [0, 0.05) is 94.2 Å². The molecule has 0 aliphatic carbocycles. The molecule has 664 valence electrons. The molecule has 36 heteroatoms. The SMILES string of the molecule is CC(=O)OC[C@H]1O[C@H](OCc2ccccc2)[C@@H](N(C(=O)c2ccc(C(=O)N([C@@H]3[C@@H](OCc4ccccc4)O[C@H](COC(C)=O)[C@@H](OC(C)=O)[C@@H]3OC(C)=O)[C@@H]3[C@@H](OCc4ccccc4)O[C@H](COC(C)=O)[C@@H](OC(C)=O)[C@@H]3OC(C)=O)c3ccccc23)[C@@H]2[C@@H](OCc3ccccc3)O[C@H](COC(C)=O)[C@@H](OC(C)=O)[C@@H]2OC(C)=O)[C@@H](OC(C)=O)[C@@H]1OC(C)=O. The van der Waals surface area contributed by atoms with E-state index in [0.29, 0.717) is 22.3 Å². The predicted octanol–water partition coefficient (Wildman–Crippen LogP) is 6.67. The van der Waals surface area contributed by atoms with Gasteiger partial charge in [-0.1, -0.05) is 146 Å². The molecule has 0 aromatic heterocycles. The van der Waals surface area contributed by atoms with Gasteiger partial charge in [-0.05, 0) is 45.2 Å². The molecule has 4 heterocycles. The maximum atomic E-state index is 17.9. The molecule has 0 unspecified atom stereocenters. The van der Waals surface area contributed by atoms with E-state index in [1.54, 1.807) is 121 Å². The minimum Gasteiger partial charge on any atom is -0.463 e. The van der Waals surface area contributed by atoms with E-state index in [9.17, 15) is 57.5 Å². The normalized spacial score (nSPS) is 25.8. The van der Waals surface area contributed by atoms with Crippen molar-refractivity contribution in [2.75, 3.05) is 26.4 Å². The average molecular weight is 1730 g/mol. The van der Waals surface area contributed by atoms with Gasteiger partial charge in [0.25, 0.3) is 11.8 Å². The van der Waals surface area contributed by atoms with E-state index >= 15 is 9.59 Å². The van der Waals surface area contributed by atoms with Crippen molar-refractivity contribution in [3.63, 3.8) is 0 Å². The molecular weight excluding hydrogens is 1630 g/mol. The highest BCUT2D eigenvalue weighted by Gasteiger charge is 2.64. The van der Waals surface area contributed by atoms with E-state index in [1.165, 1.54) is 24.3 Å². The van der Waals surface area contributed by atoms with Gasteiger partial charge in [-0.2, -0.15) is 0 Å². The number of carbonyl (C=O) groups is 14. The Labute approximate surface area is 712 Å². The first kappa shape index (κ1) is 94.1. The molecule has 20 atom stereocenters. The molecule has 4 saturated heterocycles. The maximum absolute atomic E-state index is 17.9. The van der Waals surface area contributed by atoms with Crippen LogP contribution in [0.2, 0.25) is 0 Å². The van der Waals surface area contributed by atoms with Gasteiger partial charge in [0.15, 0.2) is 74.0 Å². The number of esters is 12. The van der Waals surface area contributed by atoms with Crippen molar-refractivity contribution in [2.45, 2.75) is 232 Å². The quantitative estimate of drug-likeness (QED) is 0.0300. The third-order valence-electron chi connectivity index (χ3n) is 19.8. The van der Waals surface area contributed by atoms with Crippen molar-refractivity contribution in [1.82, 2.24) is 9.80 Å². The molecule has 4 aliphatic rings.